The van der Waals surface area contributed by atoms with Crippen LogP contribution < -0.4 is 0 Å². The summed E-state index contributed by atoms with van der Waals surface area (Å²) in [5.74, 6) is -0.146. The predicted octanol–water partition coefficient (Wildman–Crippen LogP) is 3.16. The molecule has 0 radical (unpaired) electrons. The second-order valence-corrected chi connectivity index (χ2v) is 4.96. The fourth-order valence-electron chi connectivity index (χ4n) is 2.66. The second kappa shape index (κ2) is 5.25. The number of hydrogen-bond donors (Lipinski definition) is 0. The van der Waals surface area contributed by atoms with Crippen LogP contribution in [0.3, 0.4) is 0 Å². The molecule has 3 rings (SSSR count). The van der Waals surface area contributed by atoms with Gasteiger partial charge in [0.2, 0.25) is 0 Å². The van der Waals surface area contributed by atoms with E-state index in [9.17, 15) is 9.59 Å². The fourth-order valence-corrected chi connectivity index (χ4v) is 2.66. The van der Waals surface area contributed by atoms with Crippen molar-refractivity contribution in [2.24, 2.45) is 0 Å². The maximum absolute atomic E-state index is 12.4. The molecule has 1 aliphatic rings. The lowest BCUT2D eigenvalue weighted by Gasteiger charge is -2.19. The molecule has 0 aromatic heterocycles. The van der Waals surface area contributed by atoms with Crippen molar-refractivity contribution < 1.29 is 9.59 Å². The van der Waals surface area contributed by atoms with E-state index in [1.807, 2.05) is 48.5 Å². The lowest BCUT2D eigenvalue weighted by Crippen LogP contribution is -2.18. The molecule has 2 heteroatoms. The van der Waals surface area contributed by atoms with Gasteiger partial charge in [0.1, 0.15) is 0 Å². The van der Waals surface area contributed by atoms with Crippen LogP contribution in [-0.4, -0.2) is 12.1 Å². The fraction of sp³-hybridized carbons (Fsp3) is 0.111. The van der Waals surface area contributed by atoms with Gasteiger partial charge >= 0.3 is 0 Å². The quantitative estimate of drug-likeness (QED) is 0.629. The number of fused-ring (bicyclic) bond motifs is 1. The molecule has 0 spiro atoms. The Morgan fingerprint density at radius 2 is 1.65 bits per heavy atom. The molecule has 0 heterocycles. The minimum Gasteiger partial charge on any atom is -0.298 e. The van der Waals surface area contributed by atoms with Crippen molar-refractivity contribution in [1.29, 1.82) is 0 Å². The minimum atomic E-state index is -0.146. The van der Waals surface area contributed by atoms with Crippen LogP contribution in [0, 0.1) is 0 Å². The zero-order valence-corrected chi connectivity index (χ0v) is 11.0. The molecule has 98 valence electrons. The maximum Gasteiger partial charge on any atom is 0.196 e. The first-order valence-electron chi connectivity index (χ1n) is 6.63. The Bertz CT molecular complexity index is 696. The first-order chi connectivity index (χ1) is 9.79. The van der Waals surface area contributed by atoms with E-state index in [0.29, 0.717) is 30.3 Å². The number of benzene rings is 2. The highest BCUT2D eigenvalue weighted by atomic mass is 16.1. The molecule has 0 N–H and O–H groups in total. The number of ketones is 1. The van der Waals surface area contributed by atoms with Crippen molar-refractivity contribution in [3.8, 4) is 0 Å². The highest BCUT2D eigenvalue weighted by Crippen LogP contribution is 2.27. The van der Waals surface area contributed by atoms with E-state index in [2.05, 4.69) is 0 Å². The first kappa shape index (κ1) is 12.5. The summed E-state index contributed by atoms with van der Waals surface area (Å²) in [4.78, 5) is 23.7. The van der Waals surface area contributed by atoms with E-state index in [4.69, 9.17) is 0 Å². The number of carbonyl (C=O) groups excluding carboxylic acids is 2. The molecule has 0 saturated heterocycles. The van der Waals surface area contributed by atoms with Gasteiger partial charge in [0, 0.05) is 5.56 Å². The van der Waals surface area contributed by atoms with Crippen LogP contribution >= 0.6 is 0 Å². The van der Waals surface area contributed by atoms with Crippen LogP contribution in [0.15, 0.2) is 65.7 Å². The van der Waals surface area contributed by atoms with Gasteiger partial charge < -0.3 is 0 Å². The molecule has 0 atom stereocenters. The van der Waals surface area contributed by atoms with Gasteiger partial charge in [-0.05, 0) is 29.5 Å². The van der Waals surface area contributed by atoms with Crippen LogP contribution in [0.1, 0.15) is 21.5 Å². The minimum absolute atomic E-state index is 0.146. The van der Waals surface area contributed by atoms with E-state index in [0.717, 1.165) is 16.7 Å². The number of hydrogen-bond acceptors (Lipinski definition) is 2. The van der Waals surface area contributed by atoms with Crippen molar-refractivity contribution in [1.82, 2.24) is 0 Å². The topological polar surface area (TPSA) is 34.1 Å². The lowest BCUT2D eigenvalue weighted by atomic mass is 9.83. The van der Waals surface area contributed by atoms with Crippen molar-refractivity contribution in [3.63, 3.8) is 0 Å². The Kier molecular flexibility index (Phi) is 3.30. The largest absolute Gasteiger partial charge is 0.298 e. The molecule has 2 aromatic carbocycles. The van der Waals surface area contributed by atoms with E-state index in [1.165, 1.54) is 0 Å². The van der Waals surface area contributed by atoms with E-state index < -0.39 is 0 Å². The van der Waals surface area contributed by atoms with Gasteiger partial charge in [0.25, 0.3) is 0 Å². The van der Waals surface area contributed by atoms with Crippen molar-refractivity contribution in [3.05, 3.63) is 82.4 Å². The van der Waals surface area contributed by atoms with Crippen molar-refractivity contribution in [2.45, 2.75) is 12.8 Å². The van der Waals surface area contributed by atoms with Crippen LogP contribution in [-0.2, 0) is 17.6 Å². The number of Topliss-reactive ketones (excluding diaryl/α,β-unsaturated/α-hetero) is 1. The number of aldehydes is 1. The third-order valence-corrected chi connectivity index (χ3v) is 3.67. The summed E-state index contributed by atoms with van der Waals surface area (Å²) in [5, 5.41) is 0. The number of allylic oxidation sites excluding steroid dienone is 2. The summed E-state index contributed by atoms with van der Waals surface area (Å²) >= 11 is 0. The Morgan fingerprint density at radius 1 is 0.950 bits per heavy atom. The SMILES string of the molecule is O=CC1=C(Cc2ccccc2)Cc2ccccc2C1=O. The van der Waals surface area contributed by atoms with Crippen molar-refractivity contribution in [2.75, 3.05) is 0 Å². The van der Waals surface area contributed by atoms with Crippen LogP contribution in [0.2, 0.25) is 0 Å². The van der Waals surface area contributed by atoms with E-state index >= 15 is 0 Å². The molecular weight excluding hydrogens is 248 g/mol. The van der Waals surface area contributed by atoms with Gasteiger partial charge in [0.15, 0.2) is 12.1 Å². The summed E-state index contributed by atoms with van der Waals surface area (Å²) in [5.41, 5.74) is 4.02. The van der Waals surface area contributed by atoms with Crippen LogP contribution in [0.25, 0.3) is 0 Å². The van der Waals surface area contributed by atoms with Gasteiger partial charge in [0.05, 0.1) is 5.57 Å². The average Bonchev–Trinajstić information content (AvgIpc) is 2.49. The van der Waals surface area contributed by atoms with Crippen LogP contribution in [0.5, 0.6) is 0 Å². The third kappa shape index (κ3) is 2.21. The highest BCUT2D eigenvalue weighted by molar-refractivity contribution is 6.22. The summed E-state index contributed by atoms with van der Waals surface area (Å²) < 4.78 is 0. The summed E-state index contributed by atoms with van der Waals surface area (Å²) in [6.07, 6.45) is 2.02. The van der Waals surface area contributed by atoms with E-state index in [-0.39, 0.29) is 5.78 Å². The molecular formula is C18H14O2. The average molecular weight is 262 g/mol. The maximum atomic E-state index is 12.4. The Balaban J connectivity index is 2.01. The second-order valence-electron chi connectivity index (χ2n) is 4.96. The van der Waals surface area contributed by atoms with Gasteiger partial charge in [-0.15, -0.1) is 0 Å². The first-order valence-corrected chi connectivity index (χ1v) is 6.63. The zero-order valence-electron chi connectivity index (χ0n) is 11.0. The molecule has 1 aliphatic carbocycles. The molecule has 0 bridgehead atoms. The van der Waals surface area contributed by atoms with Crippen LogP contribution in [0.4, 0.5) is 0 Å². The molecule has 0 fully saturated rings. The van der Waals surface area contributed by atoms with Gasteiger partial charge in [-0.2, -0.15) is 0 Å². The third-order valence-electron chi connectivity index (χ3n) is 3.67. The highest BCUT2D eigenvalue weighted by Gasteiger charge is 2.24. The molecule has 2 aromatic rings. The Hall–Kier alpha value is -2.48. The molecule has 0 saturated carbocycles. The molecule has 0 aliphatic heterocycles. The summed E-state index contributed by atoms with van der Waals surface area (Å²) in [7, 11) is 0. The number of carbonyl (C=O) groups is 2. The van der Waals surface area contributed by atoms with Gasteiger partial charge in [-0.1, -0.05) is 54.6 Å². The Labute approximate surface area is 117 Å². The lowest BCUT2D eigenvalue weighted by molar-refractivity contribution is -0.104. The molecule has 0 amide bonds. The summed E-state index contributed by atoms with van der Waals surface area (Å²) in [6, 6.07) is 17.4. The summed E-state index contributed by atoms with van der Waals surface area (Å²) in [6.45, 7) is 0. The molecule has 20 heavy (non-hydrogen) atoms. The van der Waals surface area contributed by atoms with Gasteiger partial charge in [-0.25, -0.2) is 0 Å². The van der Waals surface area contributed by atoms with E-state index in [1.54, 1.807) is 6.07 Å². The van der Waals surface area contributed by atoms with Crippen molar-refractivity contribution >= 4 is 12.1 Å². The zero-order chi connectivity index (χ0) is 13.9. The number of rotatable bonds is 3. The molecule has 2 nitrogen and oxygen atoms in total. The monoisotopic (exact) mass is 262 g/mol. The normalized spacial score (nSPS) is 14.1. The standard InChI is InChI=1S/C18H14O2/c19-12-17-15(10-13-6-2-1-3-7-13)11-14-8-4-5-9-16(14)18(17)20/h1-9,12H,10-11H2. The Morgan fingerprint density at radius 3 is 2.40 bits per heavy atom. The smallest absolute Gasteiger partial charge is 0.196 e. The predicted molar refractivity (Wildman–Crippen MR) is 77.7 cm³/mol. The molecule has 0 unspecified atom stereocenters. The van der Waals surface area contributed by atoms with Gasteiger partial charge in [-0.3, -0.25) is 9.59 Å².